The second kappa shape index (κ2) is 8.26. The van der Waals surface area contributed by atoms with Crippen LogP contribution in [0, 0.1) is 6.92 Å². The molecule has 0 radical (unpaired) electrons. The smallest absolute Gasteiger partial charge is 0.354 e. The standard InChI is InChI=1S/C14H17ClN2O4/c1-9-4-5-10(8-11(9)15)16-17-12(14(19)21-3)6-7-13(18)20-2/h4-5,8,16H,6-7H2,1-3H3/b17-12+. The van der Waals surface area contributed by atoms with Gasteiger partial charge in [-0.2, -0.15) is 5.10 Å². The number of nitrogens with zero attached hydrogens (tertiary/aromatic N) is 1. The van der Waals surface area contributed by atoms with E-state index in [9.17, 15) is 9.59 Å². The fraction of sp³-hybridized carbons (Fsp3) is 0.357. The van der Waals surface area contributed by atoms with E-state index in [0.717, 1.165) is 5.56 Å². The number of hydrogen-bond acceptors (Lipinski definition) is 6. The summed E-state index contributed by atoms with van der Waals surface area (Å²) in [4.78, 5) is 22.7. The number of aryl methyl sites for hydroxylation is 1. The van der Waals surface area contributed by atoms with Crippen LogP contribution in [0.2, 0.25) is 5.02 Å². The van der Waals surface area contributed by atoms with Crippen molar-refractivity contribution in [2.75, 3.05) is 19.6 Å². The molecule has 7 heteroatoms. The quantitative estimate of drug-likeness (QED) is 0.496. The maximum absolute atomic E-state index is 11.6. The Balaban J connectivity index is 2.79. The van der Waals surface area contributed by atoms with Crippen molar-refractivity contribution >= 4 is 34.9 Å². The van der Waals surface area contributed by atoms with Crippen molar-refractivity contribution in [2.45, 2.75) is 19.8 Å². The van der Waals surface area contributed by atoms with E-state index < -0.39 is 11.9 Å². The predicted molar refractivity (Wildman–Crippen MR) is 80.5 cm³/mol. The number of ether oxygens (including phenoxy) is 2. The average Bonchev–Trinajstić information content (AvgIpc) is 2.49. The van der Waals surface area contributed by atoms with Gasteiger partial charge in [0.2, 0.25) is 0 Å². The van der Waals surface area contributed by atoms with Gasteiger partial charge in [-0.05, 0) is 24.6 Å². The summed E-state index contributed by atoms with van der Waals surface area (Å²) < 4.78 is 9.14. The molecule has 0 unspecified atom stereocenters. The summed E-state index contributed by atoms with van der Waals surface area (Å²) in [6.45, 7) is 1.88. The van der Waals surface area contributed by atoms with E-state index in [1.165, 1.54) is 14.2 Å². The first-order valence-corrected chi connectivity index (χ1v) is 6.59. The maximum atomic E-state index is 11.6. The van der Waals surface area contributed by atoms with E-state index >= 15 is 0 Å². The van der Waals surface area contributed by atoms with Crippen LogP contribution in [0.3, 0.4) is 0 Å². The van der Waals surface area contributed by atoms with Gasteiger partial charge in [0.15, 0.2) is 0 Å². The van der Waals surface area contributed by atoms with Gasteiger partial charge in [0, 0.05) is 11.4 Å². The van der Waals surface area contributed by atoms with Crippen LogP contribution in [0.5, 0.6) is 0 Å². The van der Waals surface area contributed by atoms with Crippen LogP contribution >= 0.6 is 11.6 Å². The van der Waals surface area contributed by atoms with Crippen LogP contribution in [0.1, 0.15) is 18.4 Å². The van der Waals surface area contributed by atoms with E-state index in [-0.39, 0.29) is 18.6 Å². The van der Waals surface area contributed by atoms with Gasteiger partial charge < -0.3 is 9.47 Å². The number of halogens is 1. The molecule has 114 valence electrons. The molecule has 0 aliphatic rings. The van der Waals surface area contributed by atoms with Gasteiger partial charge in [-0.3, -0.25) is 10.2 Å². The zero-order chi connectivity index (χ0) is 15.8. The summed E-state index contributed by atoms with van der Waals surface area (Å²) in [5.41, 5.74) is 4.38. The zero-order valence-corrected chi connectivity index (χ0v) is 12.9. The largest absolute Gasteiger partial charge is 0.469 e. The molecule has 0 fully saturated rings. The van der Waals surface area contributed by atoms with Crippen LogP contribution in [-0.2, 0) is 19.1 Å². The number of rotatable bonds is 6. The molecule has 0 heterocycles. The first-order chi connectivity index (χ1) is 9.97. The van der Waals surface area contributed by atoms with Gasteiger partial charge >= 0.3 is 11.9 Å². The Hall–Kier alpha value is -2.08. The Morgan fingerprint density at radius 1 is 1.24 bits per heavy atom. The lowest BCUT2D eigenvalue weighted by molar-refractivity contribution is -0.140. The Bertz CT molecular complexity index is 558. The third kappa shape index (κ3) is 5.43. The van der Waals surface area contributed by atoms with Crippen LogP contribution in [0.25, 0.3) is 0 Å². The fourth-order valence-corrected chi connectivity index (χ4v) is 1.62. The van der Waals surface area contributed by atoms with Crippen LogP contribution in [-0.4, -0.2) is 31.9 Å². The highest BCUT2D eigenvalue weighted by atomic mass is 35.5. The molecule has 0 amide bonds. The first kappa shape index (κ1) is 17.0. The molecule has 0 atom stereocenters. The second-order valence-corrected chi connectivity index (χ2v) is 4.61. The minimum Gasteiger partial charge on any atom is -0.469 e. The topological polar surface area (TPSA) is 77.0 Å². The van der Waals surface area contributed by atoms with Gasteiger partial charge in [0.1, 0.15) is 5.71 Å². The highest BCUT2D eigenvalue weighted by molar-refractivity contribution is 6.36. The van der Waals surface area contributed by atoms with E-state index in [4.69, 9.17) is 11.6 Å². The average molecular weight is 313 g/mol. The van der Waals surface area contributed by atoms with E-state index in [2.05, 4.69) is 20.0 Å². The monoisotopic (exact) mass is 312 g/mol. The summed E-state index contributed by atoms with van der Waals surface area (Å²) in [5.74, 6) is -1.03. The Labute approximate surface area is 128 Å². The molecule has 0 aromatic heterocycles. The molecule has 0 saturated carbocycles. The number of methoxy groups -OCH3 is 2. The Kier molecular flexibility index (Phi) is 6.68. The molecule has 0 bridgehead atoms. The minimum absolute atomic E-state index is 0.0424. The summed E-state index contributed by atoms with van der Waals surface area (Å²) >= 11 is 6.00. The second-order valence-electron chi connectivity index (χ2n) is 4.20. The summed E-state index contributed by atoms with van der Waals surface area (Å²) in [7, 11) is 2.53. The molecular formula is C14H17ClN2O4. The van der Waals surface area contributed by atoms with Gasteiger partial charge in [-0.25, -0.2) is 4.79 Å². The van der Waals surface area contributed by atoms with Crippen molar-refractivity contribution in [3.05, 3.63) is 28.8 Å². The fourth-order valence-electron chi connectivity index (χ4n) is 1.44. The zero-order valence-electron chi connectivity index (χ0n) is 12.1. The van der Waals surface area contributed by atoms with E-state index in [1.54, 1.807) is 12.1 Å². The molecule has 1 aromatic carbocycles. The number of carbonyl (C=O) groups excluding carboxylic acids is 2. The van der Waals surface area contributed by atoms with Crippen molar-refractivity contribution in [2.24, 2.45) is 5.10 Å². The molecule has 0 saturated heterocycles. The normalized spacial score (nSPS) is 11.0. The third-order valence-electron chi connectivity index (χ3n) is 2.71. The van der Waals surface area contributed by atoms with Crippen LogP contribution in [0.15, 0.2) is 23.3 Å². The molecule has 0 aliphatic carbocycles. The summed E-state index contributed by atoms with van der Waals surface area (Å²) in [6.07, 6.45) is 0.159. The van der Waals surface area contributed by atoms with E-state index in [1.807, 2.05) is 13.0 Å². The number of carbonyl (C=O) groups is 2. The number of hydrazone groups is 1. The van der Waals surface area contributed by atoms with Gasteiger partial charge in [0.25, 0.3) is 0 Å². The number of benzene rings is 1. The lowest BCUT2D eigenvalue weighted by Gasteiger charge is -2.07. The molecule has 1 N–H and O–H groups in total. The lowest BCUT2D eigenvalue weighted by Crippen LogP contribution is -2.19. The minimum atomic E-state index is -0.607. The molecule has 1 rings (SSSR count). The molecule has 21 heavy (non-hydrogen) atoms. The van der Waals surface area contributed by atoms with E-state index in [0.29, 0.717) is 10.7 Å². The van der Waals surface area contributed by atoms with Gasteiger partial charge in [0.05, 0.1) is 26.3 Å². The maximum Gasteiger partial charge on any atom is 0.354 e. The lowest BCUT2D eigenvalue weighted by atomic mass is 10.2. The highest BCUT2D eigenvalue weighted by Gasteiger charge is 2.14. The van der Waals surface area contributed by atoms with Crippen molar-refractivity contribution in [1.82, 2.24) is 0 Å². The summed E-state index contributed by atoms with van der Waals surface area (Å²) in [5, 5.41) is 4.55. The number of nitrogens with one attached hydrogen (secondary N) is 1. The molecule has 0 aliphatic heterocycles. The van der Waals surface area contributed by atoms with Crippen LogP contribution in [0.4, 0.5) is 5.69 Å². The van der Waals surface area contributed by atoms with Crippen molar-refractivity contribution in [3.63, 3.8) is 0 Å². The number of esters is 2. The molecular weight excluding hydrogens is 296 g/mol. The molecule has 6 nitrogen and oxygen atoms in total. The highest BCUT2D eigenvalue weighted by Crippen LogP contribution is 2.20. The molecule has 1 aromatic rings. The Morgan fingerprint density at radius 2 is 1.95 bits per heavy atom. The van der Waals surface area contributed by atoms with Crippen molar-refractivity contribution in [3.8, 4) is 0 Å². The van der Waals surface area contributed by atoms with Crippen molar-refractivity contribution < 1.29 is 19.1 Å². The SMILES string of the molecule is COC(=O)CC/C(=N\Nc1ccc(C)c(Cl)c1)C(=O)OC. The molecule has 0 spiro atoms. The van der Waals surface area contributed by atoms with Crippen LogP contribution < -0.4 is 5.43 Å². The van der Waals surface area contributed by atoms with Gasteiger partial charge in [-0.1, -0.05) is 17.7 Å². The summed E-state index contributed by atoms with van der Waals surface area (Å²) in [6, 6.07) is 5.29. The number of anilines is 1. The Morgan fingerprint density at radius 3 is 2.52 bits per heavy atom. The van der Waals surface area contributed by atoms with Crippen molar-refractivity contribution in [1.29, 1.82) is 0 Å². The number of hydrogen-bond donors (Lipinski definition) is 1. The third-order valence-corrected chi connectivity index (χ3v) is 3.11. The first-order valence-electron chi connectivity index (χ1n) is 6.21. The predicted octanol–water partition coefficient (Wildman–Crippen LogP) is 2.54. The van der Waals surface area contributed by atoms with Gasteiger partial charge in [-0.15, -0.1) is 0 Å².